The third-order valence-electron chi connectivity index (χ3n) is 3.47. The van der Waals surface area contributed by atoms with E-state index in [1.807, 2.05) is 11.8 Å². The summed E-state index contributed by atoms with van der Waals surface area (Å²) < 4.78 is 5.24. The lowest BCUT2D eigenvalue weighted by Crippen LogP contribution is -2.48. The number of aliphatic imine (C=N–C) groups is 1. The maximum Gasteiger partial charge on any atom is 0.157 e. The van der Waals surface area contributed by atoms with Crippen LogP contribution < -0.4 is 5.32 Å². The second-order valence-electron chi connectivity index (χ2n) is 5.34. The van der Waals surface area contributed by atoms with Crippen LogP contribution in [0.1, 0.15) is 40.5 Å². The Morgan fingerprint density at radius 3 is 2.76 bits per heavy atom. The number of methoxy groups -OCH3 is 1. The zero-order chi connectivity index (χ0) is 12.9. The lowest BCUT2D eigenvalue weighted by Gasteiger charge is -2.35. The SMILES string of the molecule is CCC1(C)CCSC(=NC(COC)C(C)C)N1. The summed E-state index contributed by atoms with van der Waals surface area (Å²) in [5, 5.41) is 4.67. The zero-order valence-electron chi connectivity index (χ0n) is 11.7. The molecule has 0 amide bonds. The molecule has 1 heterocycles. The van der Waals surface area contributed by atoms with Crippen molar-refractivity contribution in [1.29, 1.82) is 0 Å². The average molecular weight is 258 g/mol. The van der Waals surface area contributed by atoms with Crippen molar-refractivity contribution in [2.24, 2.45) is 10.9 Å². The van der Waals surface area contributed by atoms with E-state index >= 15 is 0 Å². The molecule has 4 heteroatoms. The molecule has 0 aromatic carbocycles. The minimum absolute atomic E-state index is 0.221. The molecular formula is C13H26N2OS. The summed E-state index contributed by atoms with van der Waals surface area (Å²) in [5.41, 5.74) is 0.221. The molecule has 0 aromatic heterocycles. The van der Waals surface area contributed by atoms with Gasteiger partial charge in [-0.1, -0.05) is 32.5 Å². The molecule has 0 radical (unpaired) electrons. The van der Waals surface area contributed by atoms with Crippen LogP contribution in [0.5, 0.6) is 0 Å². The predicted molar refractivity (Wildman–Crippen MR) is 76.8 cm³/mol. The molecule has 0 spiro atoms. The largest absolute Gasteiger partial charge is 0.382 e. The molecule has 1 rings (SSSR count). The summed E-state index contributed by atoms with van der Waals surface area (Å²) in [4.78, 5) is 4.81. The van der Waals surface area contributed by atoms with Crippen molar-refractivity contribution >= 4 is 16.9 Å². The third-order valence-corrected chi connectivity index (χ3v) is 4.36. The number of nitrogens with one attached hydrogen (secondary N) is 1. The first kappa shape index (κ1) is 14.8. The summed E-state index contributed by atoms with van der Waals surface area (Å²) in [5.74, 6) is 1.67. The molecule has 17 heavy (non-hydrogen) atoms. The first-order chi connectivity index (χ1) is 8.00. The Morgan fingerprint density at radius 1 is 1.53 bits per heavy atom. The number of amidine groups is 1. The van der Waals surface area contributed by atoms with Gasteiger partial charge < -0.3 is 10.1 Å². The number of thioether (sulfide) groups is 1. The van der Waals surface area contributed by atoms with Crippen LogP contribution in [-0.4, -0.2) is 36.2 Å². The standard InChI is InChI=1S/C13H26N2OS/c1-6-13(4)7-8-17-12(15-13)14-11(9-16-5)10(2)3/h10-11H,6-9H2,1-5H3,(H,14,15). The molecule has 100 valence electrons. The molecule has 0 saturated carbocycles. The van der Waals surface area contributed by atoms with Gasteiger partial charge in [-0.05, 0) is 25.7 Å². The van der Waals surface area contributed by atoms with Crippen LogP contribution in [0, 0.1) is 5.92 Å². The Kier molecular flexibility index (Phi) is 5.80. The maximum atomic E-state index is 5.24. The topological polar surface area (TPSA) is 33.6 Å². The van der Waals surface area contributed by atoms with E-state index in [9.17, 15) is 0 Å². The van der Waals surface area contributed by atoms with Crippen molar-refractivity contribution < 1.29 is 4.74 Å². The van der Waals surface area contributed by atoms with Gasteiger partial charge >= 0.3 is 0 Å². The van der Waals surface area contributed by atoms with Crippen LogP contribution in [0.3, 0.4) is 0 Å². The van der Waals surface area contributed by atoms with E-state index in [1.165, 1.54) is 6.42 Å². The zero-order valence-corrected chi connectivity index (χ0v) is 12.6. The van der Waals surface area contributed by atoms with Crippen molar-refractivity contribution in [3.8, 4) is 0 Å². The Bertz CT molecular complexity index is 268. The molecular weight excluding hydrogens is 232 g/mol. The van der Waals surface area contributed by atoms with E-state index in [1.54, 1.807) is 7.11 Å². The van der Waals surface area contributed by atoms with Gasteiger partial charge in [-0.15, -0.1) is 0 Å². The van der Waals surface area contributed by atoms with E-state index in [0.29, 0.717) is 12.5 Å². The van der Waals surface area contributed by atoms with Crippen molar-refractivity contribution in [2.45, 2.75) is 52.1 Å². The molecule has 3 nitrogen and oxygen atoms in total. The molecule has 1 saturated heterocycles. The Balaban J connectivity index is 2.69. The third kappa shape index (κ3) is 4.51. The molecule has 1 fully saturated rings. The van der Waals surface area contributed by atoms with E-state index in [4.69, 9.17) is 9.73 Å². The van der Waals surface area contributed by atoms with Gasteiger partial charge in [0, 0.05) is 18.4 Å². The first-order valence-electron chi connectivity index (χ1n) is 6.48. The second-order valence-corrected chi connectivity index (χ2v) is 6.42. The highest BCUT2D eigenvalue weighted by molar-refractivity contribution is 8.13. The highest BCUT2D eigenvalue weighted by Gasteiger charge is 2.28. The molecule has 2 unspecified atom stereocenters. The van der Waals surface area contributed by atoms with Gasteiger partial charge in [-0.2, -0.15) is 0 Å². The Hall–Kier alpha value is -0.220. The van der Waals surface area contributed by atoms with Crippen LogP contribution in [0.15, 0.2) is 4.99 Å². The minimum atomic E-state index is 0.221. The monoisotopic (exact) mass is 258 g/mol. The minimum Gasteiger partial charge on any atom is -0.382 e. The summed E-state index contributed by atoms with van der Waals surface area (Å²) in [6, 6.07) is 0.259. The van der Waals surface area contributed by atoms with Gasteiger partial charge in [0.2, 0.25) is 0 Å². The maximum absolute atomic E-state index is 5.24. The average Bonchev–Trinajstić information content (AvgIpc) is 2.28. The van der Waals surface area contributed by atoms with Crippen LogP contribution in [-0.2, 0) is 4.74 Å². The van der Waals surface area contributed by atoms with Crippen molar-refractivity contribution in [1.82, 2.24) is 5.32 Å². The van der Waals surface area contributed by atoms with E-state index in [-0.39, 0.29) is 11.6 Å². The lowest BCUT2D eigenvalue weighted by molar-refractivity contribution is 0.165. The summed E-state index contributed by atoms with van der Waals surface area (Å²) in [7, 11) is 1.74. The Labute approximate surface area is 110 Å². The number of hydrogen-bond donors (Lipinski definition) is 1. The second kappa shape index (κ2) is 6.64. The quantitative estimate of drug-likeness (QED) is 0.823. The van der Waals surface area contributed by atoms with Gasteiger partial charge in [0.1, 0.15) is 0 Å². The fourth-order valence-corrected chi connectivity index (χ4v) is 3.04. The summed E-state index contributed by atoms with van der Waals surface area (Å²) in [6.07, 6.45) is 2.35. The molecule has 2 atom stereocenters. The fraction of sp³-hybridized carbons (Fsp3) is 0.923. The van der Waals surface area contributed by atoms with Crippen LogP contribution in [0.4, 0.5) is 0 Å². The number of rotatable bonds is 5. The van der Waals surface area contributed by atoms with E-state index < -0.39 is 0 Å². The normalized spacial score (nSPS) is 29.4. The van der Waals surface area contributed by atoms with Gasteiger partial charge in [-0.3, -0.25) is 4.99 Å². The Morgan fingerprint density at radius 2 is 2.24 bits per heavy atom. The fourth-order valence-electron chi connectivity index (χ4n) is 1.76. The summed E-state index contributed by atoms with van der Waals surface area (Å²) >= 11 is 1.84. The molecule has 0 bridgehead atoms. The van der Waals surface area contributed by atoms with Crippen LogP contribution in [0.2, 0.25) is 0 Å². The molecule has 1 aliphatic heterocycles. The first-order valence-corrected chi connectivity index (χ1v) is 7.47. The van der Waals surface area contributed by atoms with Gasteiger partial charge in [0.15, 0.2) is 5.17 Å². The van der Waals surface area contributed by atoms with Gasteiger partial charge in [0.05, 0.1) is 12.6 Å². The van der Waals surface area contributed by atoms with Crippen molar-refractivity contribution in [3.05, 3.63) is 0 Å². The number of nitrogens with zero attached hydrogens (tertiary/aromatic N) is 1. The van der Waals surface area contributed by atoms with E-state index in [0.717, 1.165) is 17.3 Å². The van der Waals surface area contributed by atoms with Crippen molar-refractivity contribution in [3.63, 3.8) is 0 Å². The smallest absolute Gasteiger partial charge is 0.157 e. The molecule has 0 aliphatic carbocycles. The number of ether oxygens (including phenoxy) is 1. The summed E-state index contributed by atoms with van der Waals surface area (Å²) in [6.45, 7) is 9.60. The van der Waals surface area contributed by atoms with Gasteiger partial charge in [0.25, 0.3) is 0 Å². The van der Waals surface area contributed by atoms with E-state index in [2.05, 4.69) is 33.0 Å². The molecule has 1 N–H and O–H groups in total. The highest BCUT2D eigenvalue weighted by atomic mass is 32.2. The predicted octanol–water partition coefficient (Wildman–Crippen LogP) is 2.91. The molecule has 1 aliphatic rings. The van der Waals surface area contributed by atoms with Crippen LogP contribution >= 0.6 is 11.8 Å². The lowest BCUT2D eigenvalue weighted by atomic mass is 9.96. The molecule has 0 aromatic rings. The van der Waals surface area contributed by atoms with Gasteiger partial charge in [-0.25, -0.2) is 0 Å². The highest BCUT2D eigenvalue weighted by Crippen LogP contribution is 2.25. The van der Waals surface area contributed by atoms with Crippen LogP contribution in [0.25, 0.3) is 0 Å². The van der Waals surface area contributed by atoms with Crippen molar-refractivity contribution in [2.75, 3.05) is 19.5 Å². The number of hydrogen-bond acceptors (Lipinski definition) is 3.